The summed E-state index contributed by atoms with van der Waals surface area (Å²) < 4.78 is 6.68. The first-order chi connectivity index (χ1) is 11.6. The molecule has 24 heavy (non-hydrogen) atoms. The number of likely N-dealkylation sites (N-methyl/N-ethyl adjacent to an activating group) is 1. The van der Waals surface area contributed by atoms with Gasteiger partial charge in [-0.05, 0) is 38.1 Å². The molecule has 0 aliphatic carbocycles. The summed E-state index contributed by atoms with van der Waals surface area (Å²) in [6.07, 6.45) is 4.00. The Hall–Kier alpha value is -2.25. The highest BCUT2D eigenvalue weighted by Gasteiger charge is 2.14. The summed E-state index contributed by atoms with van der Waals surface area (Å²) in [7, 11) is 3.61. The van der Waals surface area contributed by atoms with Crippen molar-refractivity contribution in [1.29, 1.82) is 0 Å². The minimum atomic E-state index is 0.0275. The van der Waals surface area contributed by atoms with Crippen LogP contribution in [0.4, 0.5) is 0 Å². The number of nitrogens with one attached hydrogen (secondary N) is 1. The molecule has 1 atom stereocenters. The lowest BCUT2D eigenvalue weighted by molar-refractivity contribution is -0.122. The average Bonchev–Trinajstić information content (AvgIpc) is 3.13. The van der Waals surface area contributed by atoms with Gasteiger partial charge in [0.1, 0.15) is 12.7 Å². The molecule has 2 aromatic rings. The van der Waals surface area contributed by atoms with Crippen molar-refractivity contribution in [3.8, 4) is 5.69 Å². The SMILES string of the molecule is COCCCNC(=O)CN(C)C(C)c1ccc(-n2cncn2)cc1. The van der Waals surface area contributed by atoms with E-state index in [1.807, 2.05) is 24.1 Å². The topological polar surface area (TPSA) is 72.3 Å². The Balaban J connectivity index is 1.86. The van der Waals surface area contributed by atoms with Gasteiger partial charge in [-0.3, -0.25) is 9.69 Å². The fourth-order valence-corrected chi connectivity index (χ4v) is 2.37. The molecule has 0 spiro atoms. The molecule has 1 aromatic carbocycles. The molecule has 0 radical (unpaired) electrons. The monoisotopic (exact) mass is 331 g/mol. The standard InChI is InChI=1S/C17H25N5O2/c1-14(21(2)11-17(23)19-9-4-10-24-3)15-5-7-16(8-6-15)22-13-18-12-20-22/h5-8,12-14H,4,9-11H2,1-3H3,(H,19,23). The molecule has 1 unspecified atom stereocenters. The molecular formula is C17H25N5O2. The van der Waals surface area contributed by atoms with Gasteiger partial charge < -0.3 is 10.1 Å². The number of carbonyl (C=O) groups is 1. The highest BCUT2D eigenvalue weighted by molar-refractivity contribution is 5.78. The lowest BCUT2D eigenvalue weighted by Gasteiger charge is -2.24. The maximum absolute atomic E-state index is 11.9. The Morgan fingerprint density at radius 1 is 1.38 bits per heavy atom. The maximum atomic E-state index is 11.9. The number of hydrogen-bond donors (Lipinski definition) is 1. The summed E-state index contributed by atoms with van der Waals surface area (Å²) in [5.74, 6) is 0.0275. The summed E-state index contributed by atoms with van der Waals surface area (Å²) in [4.78, 5) is 17.9. The van der Waals surface area contributed by atoms with Crippen molar-refractivity contribution in [3.63, 3.8) is 0 Å². The van der Waals surface area contributed by atoms with Gasteiger partial charge in [0, 0.05) is 26.3 Å². The smallest absolute Gasteiger partial charge is 0.234 e. The van der Waals surface area contributed by atoms with E-state index in [1.165, 1.54) is 6.33 Å². The zero-order valence-electron chi connectivity index (χ0n) is 14.5. The number of carbonyl (C=O) groups excluding carboxylic acids is 1. The summed E-state index contributed by atoms with van der Waals surface area (Å²) in [6.45, 7) is 3.74. The second-order valence-corrected chi connectivity index (χ2v) is 5.72. The van der Waals surface area contributed by atoms with E-state index in [4.69, 9.17) is 4.74 Å². The third-order valence-corrected chi connectivity index (χ3v) is 3.96. The molecule has 0 saturated carbocycles. The highest BCUT2D eigenvalue weighted by Crippen LogP contribution is 2.19. The van der Waals surface area contributed by atoms with E-state index in [1.54, 1.807) is 18.1 Å². The summed E-state index contributed by atoms with van der Waals surface area (Å²) in [6, 6.07) is 8.24. The molecule has 1 amide bonds. The molecule has 0 fully saturated rings. The Morgan fingerprint density at radius 2 is 2.12 bits per heavy atom. The van der Waals surface area contributed by atoms with E-state index in [2.05, 4.69) is 34.5 Å². The summed E-state index contributed by atoms with van der Waals surface area (Å²) in [5, 5.41) is 7.01. The number of nitrogens with zero attached hydrogens (tertiary/aromatic N) is 4. The molecule has 0 bridgehead atoms. The second kappa shape index (κ2) is 9.14. The van der Waals surface area contributed by atoms with Crippen molar-refractivity contribution in [2.24, 2.45) is 0 Å². The predicted molar refractivity (Wildman–Crippen MR) is 91.9 cm³/mol. The zero-order valence-corrected chi connectivity index (χ0v) is 14.5. The Kier molecular flexibility index (Phi) is 6.89. The lowest BCUT2D eigenvalue weighted by atomic mass is 10.1. The van der Waals surface area contributed by atoms with E-state index in [9.17, 15) is 4.79 Å². The molecule has 7 nitrogen and oxygen atoms in total. The highest BCUT2D eigenvalue weighted by atomic mass is 16.5. The fourth-order valence-electron chi connectivity index (χ4n) is 2.37. The second-order valence-electron chi connectivity index (χ2n) is 5.72. The third-order valence-electron chi connectivity index (χ3n) is 3.96. The number of methoxy groups -OCH3 is 1. The van der Waals surface area contributed by atoms with Crippen LogP contribution in [-0.2, 0) is 9.53 Å². The van der Waals surface area contributed by atoms with E-state index < -0.39 is 0 Å². The Labute approximate surface area is 142 Å². The summed E-state index contributed by atoms with van der Waals surface area (Å²) >= 11 is 0. The first-order valence-electron chi connectivity index (χ1n) is 8.02. The predicted octanol–water partition coefficient (Wildman–Crippen LogP) is 1.41. The van der Waals surface area contributed by atoms with Crippen molar-refractivity contribution in [2.45, 2.75) is 19.4 Å². The number of aromatic nitrogens is 3. The lowest BCUT2D eigenvalue weighted by Crippen LogP contribution is -2.37. The Morgan fingerprint density at radius 3 is 2.75 bits per heavy atom. The van der Waals surface area contributed by atoms with Gasteiger partial charge in [-0.15, -0.1) is 0 Å². The van der Waals surface area contributed by atoms with E-state index in [0.717, 1.165) is 17.7 Å². The molecule has 130 valence electrons. The van der Waals surface area contributed by atoms with Crippen molar-refractivity contribution < 1.29 is 9.53 Å². The Bertz CT molecular complexity index is 612. The zero-order chi connectivity index (χ0) is 17.4. The molecule has 1 heterocycles. The van der Waals surface area contributed by atoms with Gasteiger partial charge in [0.15, 0.2) is 0 Å². The van der Waals surface area contributed by atoms with Crippen molar-refractivity contribution in [2.75, 3.05) is 33.9 Å². The van der Waals surface area contributed by atoms with Crippen LogP contribution in [0, 0.1) is 0 Å². The molecule has 7 heteroatoms. The van der Waals surface area contributed by atoms with Gasteiger partial charge in [-0.1, -0.05) is 12.1 Å². The van der Waals surface area contributed by atoms with Crippen LogP contribution in [0.1, 0.15) is 24.9 Å². The number of hydrogen-bond acceptors (Lipinski definition) is 5. The number of amides is 1. The largest absolute Gasteiger partial charge is 0.385 e. The van der Waals surface area contributed by atoms with Crippen molar-refractivity contribution in [1.82, 2.24) is 25.0 Å². The van der Waals surface area contributed by atoms with Gasteiger partial charge >= 0.3 is 0 Å². The third kappa shape index (κ3) is 5.14. The van der Waals surface area contributed by atoms with Crippen molar-refractivity contribution >= 4 is 5.91 Å². The number of ether oxygens (including phenoxy) is 1. The fraction of sp³-hybridized carbons (Fsp3) is 0.471. The number of benzene rings is 1. The van der Waals surface area contributed by atoms with Crippen LogP contribution in [-0.4, -0.2) is 59.4 Å². The summed E-state index contributed by atoms with van der Waals surface area (Å²) in [5.41, 5.74) is 2.11. The van der Waals surface area contributed by atoms with E-state index in [0.29, 0.717) is 19.7 Å². The van der Waals surface area contributed by atoms with Crippen LogP contribution in [0.3, 0.4) is 0 Å². The van der Waals surface area contributed by atoms with E-state index >= 15 is 0 Å². The first-order valence-corrected chi connectivity index (χ1v) is 8.02. The van der Waals surface area contributed by atoms with Crippen LogP contribution < -0.4 is 5.32 Å². The minimum absolute atomic E-state index is 0.0275. The van der Waals surface area contributed by atoms with Crippen LogP contribution in [0.5, 0.6) is 0 Å². The molecule has 2 rings (SSSR count). The quantitative estimate of drug-likeness (QED) is 0.704. The van der Waals surface area contributed by atoms with Crippen LogP contribution in [0.2, 0.25) is 0 Å². The maximum Gasteiger partial charge on any atom is 0.234 e. The molecule has 1 N–H and O–H groups in total. The van der Waals surface area contributed by atoms with Gasteiger partial charge in [0.05, 0.1) is 12.2 Å². The van der Waals surface area contributed by atoms with Crippen molar-refractivity contribution in [3.05, 3.63) is 42.5 Å². The minimum Gasteiger partial charge on any atom is -0.385 e. The normalized spacial score (nSPS) is 12.3. The van der Waals surface area contributed by atoms with Crippen LogP contribution >= 0.6 is 0 Å². The van der Waals surface area contributed by atoms with Gasteiger partial charge in [0.25, 0.3) is 0 Å². The first kappa shape index (κ1) is 18.1. The van der Waals surface area contributed by atoms with Crippen LogP contribution in [0.15, 0.2) is 36.9 Å². The van der Waals surface area contributed by atoms with E-state index in [-0.39, 0.29) is 11.9 Å². The van der Waals surface area contributed by atoms with Crippen LogP contribution in [0.25, 0.3) is 5.69 Å². The molecule has 0 aliphatic rings. The van der Waals surface area contributed by atoms with Gasteiger partial charge in [0.2, 0.25) is 5.91 Å². The van der Waals surface area contributed by atoms with Gasteiger partial charge in [-0.25, -0.2) is 9.67 Å². The average molecular weight is 331 g/mol. The number of rotatable bonds is 9. The molecule has 0 aliphatic heterocycles. The molecule has 0 saturated heterocycles. The molecular weight excluding hydrogens is 306 g/mol. The molecule has 1 aromatic heterocycles. The van der Waals surface area contributed by atoms with Gasteiger partial charge in [-0.2, -0.15) is 5.10 Å².